The Morgan fingerprint density at radius 1 is 0.343 bits per heavy atom. The molecule has 3 heteroatoms. The molecule has 14 rings (SSSR count). The van der Waals surface area contributed by atoms with Crippen LogP contribution in [0.4, 0.5) is 17.1 Å². The summed E-state index contributed by atoms with van der Waals surface area (Å²) in [7, 11) is 0. The Hall–Kier alpha value is -9.18. The topological polar surface area (TPSA) is 21.3 Å². The number of benzene rings is 11. The molecule has 0 radical (unpaired) electrons. The van der Waals surface area contributed by atoms with Gasteiger partial charge >= 0.3 is 0 Å². The maximum absolute atomic E-state index is 6.34. The van der Waals surface area contributed by atoms with Gasteiger partial charge in [0.15, 0.2) is 0 Å². The number of anilines is 3. The molecule has 3 nitrogen and oxygen atoms in total. The summed E-state index contributed by atoms with van der Waals surface area (Å²) in [4.78, 5) is 2.45. The van der Waals surface area contributed by atoms with Gasteiger partial charge in [0.2, 0.25) is 0 Å². The van der Waals surface area contributed by atoms with Crippen LogP contribution in [0.25, 0.3) is 82.8 Å². The normalized spacial score (nSPS) is 12.7. The predicted octanol–water partition coefficient (Wildman–Crippen LogP) is 17.8. The first-order valence-corrected chi connectivity index (χ1v) is 24.1. The Morgan fingerprint density at radius 2 is 0.857 bits per heavy atom. The molecule has 0 aliphatic heterocycles. The van der Waals surface area contributed by atoms with E-state index in [1.165, 1.54) is 55.2 Å². The number of hydrogen-bond donors (Lipinski definition) is 0. The van der Waals surface area contributed by atoms with Crippen LogP contribution in [0.15, 0.2) is 271 Å². The zero-order chi connectivity index (χ0) is 46.2. The van der Waals surface area contributed by atoms with Crippen LogP contribution < -0.4 is 4.90 Å². The second-order valence-electron chi connectivity index (χ2n) is 18.4. The first kappa shape index (κ1) is 39.9. The van der Waals surface area contributed by atoms with Crippen LogP contribution in [0.2, 0.25) is 0 Å². The van der Waals surface area contributed by atoms with Gasteiger partial charge in [0.05, 0.1) is 22.1 Å². The van der Waals surface area contributed by atoms with Crippen molar-refractivity contribution in [3.63, 3.8) is 0 Å². The van der Waals surface area contributed by atoms with E-state index in [4.69, 9.17) is 4.42 Å². The van der Waals surface area contributed by atoms with Gasteiger partial charge in [-0.2, -0.15) is 0 Å². The highest BCUT2D eigenvalue weighted by Gasteiger charge is 2.47. The molecule has 328 valence electrons. The van der Waals surface area contributed by atoms with Gasteiger partial charge < -0.3 is 13.9 Å². The van der Waals surface area contributed by atoms with Gasteiger partial charge in [-0.25, -0.2) is 0 Å². The van der Waals surface area contributed by atoms with Crippen molar-refractivity contribution in [2.45, 2.75) is 5.41 Å². The minimum atomic E-state index is -0.527. The summed E-state index contributed by atoms with van der Waals surface area (Å²) in [5.41, 5.74) is 20.1. The molecular weight excluding hydrogens is 849 g/mol. The molecule has 0 saturated carbocycles. The lowest BCUT2D eigenvalue weighted by atomic mass is 9.68. The summed E-state index contributed by atoms with van der Waals surface area (Å²) in [6.07, 6.45) is 0. The van der Waals surface area contributed by atoms with Crippen molar-refractivity contribution in [3.05, 3.63) is 289 Å². The van der Waals surface area contributed by atoms with Crippen molar-refractivity contribution in [1.82, 2.24) is 4.57 Å². The number of furan rings is 1. The lowest BCUT2D eigenvalue weighted by Crippen LogP contribution is -2.28. The Balaban J connectivity index is 0.930. The molecule has 0 fully saturated rings. The third kappa shape index (κ3) is 6.08. The van der Waals surface area contributed by atoms with Crippen molar-refractivity contribution in [2.75, 3.05) is 4.90 Å². The first-order chi connectivity index (χ1) is 34.7. The quantitative estimate of drug-likeness (QED) is 0.152. The molecule has 0 unspecified atom stereocenters. The molecule has 2 heterocycles. The number of para-hydroxylation sites is 3. The molecule has 1 aliphatic rings. The smallest absolute Gasteiger partial charge is 0.136 e. The van der Waals surface area contributed by atoms with Crippen LogP contribution in [-0.4, -0.2) is 4.57 Å². The van der Waals surface area contributed by atoms with Gasteiger partial charge in [-0.1, -0.05) is 194 Å². The van der Waals surface area contributed by atoms with Crippen molar-refractivity contribution in [3.8, 4) is 39.1 Å². The maximum atomic E-state index is 6.34. The summed E-state index contributed by atoms with van der Waals surface area (Å²) in [6.45, 7) is 0. The summed E-state index contributed by atoms with van der Waals surface area (Å²) >= 11 is 0. The van der Waals surface area contributed by atoms with Crippen LogP contribution >= 0.6 is 0 Å². The van der Waals surface area contributed by atoms with E-state index in [0.29, 0.717) is 0 Å². The van der Waals surface area contributed by atoms with E-state index in [2.05, 4.69) is 264 Å². The van der Waals surface area contributed by atoms with Crippen LogP contribution in [0.3, 0.4) is 0 Å². The molecule has 13 aromatic rings. The van der Waals surface area contributed by atoms with Gasteiger partial charge in [-0.15, -0.1) is 0 Å². The summed E-state index contributed by atoms with van der Waals surface area (Å²) in [5.74, 6) is 0. The average molecular weight is 893 g/mol. The predicted molar refractivity (Wildman–Crippen MR) is 291 cm³/mol. The second kappa shape index (κ2) is 16.0. The van der Waals surface area contributed by atoms with Gasteiger partial charge in [0.1, 0.15) is 11.2 Å². The number of nitrogens with zero attached hydrogens (tertiary/aromatic N) is 2. The molecule has 0 N–H and O–H groups in total. The van der Waals surface area contributed by atoms with Crippen LogP contribution in [-0.2, 0) is 5.41 Å². The average Bonchev–Trinajstić information content (AvgIpc) is 4.08. The van der Waals surface area contributed by atoms with Crippen molar-refractivity contribution < 1.29 is 4.42 Å². The van der Waals surface area contributed by atoms with E-state index in [9.17, 15) is 0 Å². The van der Waals surface area contributed by atoms with Gasteiger partial charge in [0.25, 0.3) is 0 Å². The van der Waals surface area contributed by atoms with Crippen molar-refractivity contribution >= 4 is 60.8 Å². The third-order valence-corrected chi connectivity index (χ3v) is 14.7. The second-order valence-corrected chi connectivity index (χ2v) is 18.4. The Labute approximate surface area is 406 Å². The zero-order valence-corrected chi connectivity index (χ0v) is 38.2. The molecule has 0 spiro atoms. The molecule has 2 aromatic heterocycles. The minimum absolute atomic E-state index is 0.527. The van der Waals surface area contributed by atoms with E-state index < -0.39 is 5.41 Å². The van der Waals surface area contributed by atoms with Crippen molar-refractivity contribution in [1.29, 1.82) is 0 Å². The zero-order valence-electron chi connectivity index (χ0n) is 38.2. The summed E-state index contributed by atoms with van der Waals surface area (Å²) in [5, 5.41) is 4.78. The maximum Gasteiger partial charge on any atom is 0.136 e. The van der Waals surface area contributed by atoms with E-state index in [0.717, 1.165) is 66.9 Å². The fraction of sp³-hybridized carbons (Fsp3) is 0.0149. The third-order valence-electron chi connectivity index (χ3n) is 14.7. The van der Waals surface area contributed by atoms with E-state index in [-0.39, 0.29) is 0 Å². The van der Waals surface area contributed by atoms with Gasteiger partial charge in [-0.05, 0) is 123 Å². The minimum Gasteiger partial charge on any atom is -0.456 e. The fourth-order valence-corrected chi connectivity index (χ4v) is 11.6. The number of hydrogen-bond acceptors (Lipinski definition) is 2. The van der Waals surface area contributed by atoms with Crippen LogP contribution in [0.1, 0.15) is 22.3 Å². The highest BCUT2D eigenvalue weighted by molar-refractivity contribution is 6.09. The Bertz CT molecular complexity index is 4020. The number of fused-ring (bicyclic) bond motifs is 9. The number of aromatic nitrogens is 1. The van der Waals surface area contributed by atoms with E-state index >= 15 is 0 Å². The fourth-order valence-electron chi connectivity index (χ4n) is 11.6. The highest BCUT2D eigenvalue weighted by atomic mass is 16.3. The van der Waals surface area contributed by atoms with Gasteiger partial charge in [-0.3, -0.25) is 0 Å². The molecule has 1 aliphatic carbocycles. The van der Waals surface area contributed by atoms with Crippen LogP contribution in [0, 0.1) is 0 Å². The first-order valence-electron chi connectivity index (χ1n) is 24.1. The lowest BCUT2D eigenvalue weighted by Gasteiger charge is -2.34. The lowest BCUT2D eigenvalue weighted by molar-refractivity contribution is 0.669. The summed E-state index contributed by atoms with van der Waals surface area (Å²) < 4.78 is 8.73. The Morgan fingerprint density at radius 3 is 1.53 bits per heavy atom. The van der Waals surface area contributed by atoms with Crippen molar-refractivity contribution in [2.24, 2.45) is 0 Å². The molecule has 0 saturated heterocycles. The standard InChI is InChI=1S/C67H44N2O/c1-3-18-49(19-4-1)67(50-20-5-2-6-21-50)59-27-11-7-26-58(59)66-60(67)28-16-31-63(66)68(52-40-35-46(36-41-52)48-37-42-57-56-25-10-14-32-64(56)70-65(57)44-48)51-38-33-45(34-39-51)47-17-15-22-53(43-47)69-61-29-12-8-23-54(61)55-24-9-13-30-62(55)69/h1-44H. The molecule has 0 bridgehead atoms. The number of rotatable bonds is 8. The van der Waals surface area contributed by atoms with E-state index in [1.807, 2.05) is 12.1 Å². The molecule has 11 aromatic carbocycles. The molecule has 70 heavy (non-hydrogen) atoms. The SMILES string of the molecule is c1ccc(C2(c3ccccc3)c3ccccc3-c3c(N(c4ccc(-c5cccc(-n6c7ccccc7c7ccccc76)c5)cc4)c4ccc(-c5ccc6c(c5)oc5ccccc56)cc4)cccc32)cc1. The molecule has 0 atom stereocenters. The largest absolute Gasteiger partial charge is 0.456 e. The van der Waals surface area contributed by atoms with E-state index in [1.54, 1.807) is 0 Å². The van der Waals surface area contributed by atoms with Gasteiger partial charge in [0, 0.05) is 44.2 Å². The summed E-state index contributed by atoms with van der Waals surface area (Å²) in [6, 6.07) is 97.3. The molecule has 0 amide bonds. The molecular formula is C67H44N2O. The Kier molecular flexibility index (Phi) is 9.11. The van der Waals surface area contributed by atoms with Crippen LogP contribution in [0.5, 0.6) is 0 Å². The highest BCUT2D eigenvalue weighted by Crippen LogP contribution is 2.59. The monoisotopic (exact) mass is 892 g/mol.